The average Bonchev–Trinajstić information content (AvgIpc) is 3.38. The molecule has 3 aliphatic carbocycles. The topological polar surface area (TPSA) is 172 Å². The van der Waals surface area contributed by atoms with E-state index in [-0.39, 0.29) is 78.4 Å². The summed E-state index contributed by atoms with van der Waals surface area (Å²) in [5.74, 6) is -2.21. The van der Waals surface area contributed by atoms with Crippen LogP contribution in [0.25, 0.3) is 0 Å². The van der Waals surface area contributed by atoms with Crippen LogP contribution in [0.3, 0.4) is 0 Å². The fourth-order valence-corrected chi connectivity index (χ4v) is 8.72. The van der Waals surface area contributed by atoms with Gasteiger partial charge in [0.05, 0.1) is 12.5 Å². The maximum absolute atomic E-state index is 14.6. The number of carbonyl (C=O) groups excluding carboxylic acids is 6. The zero-order valence-corrected chi connectivity index (χ0v) is 29.9. The second-order valence-electron chi connectivity index (χ2n) is 16.4. The van der Waals surface area contributed by atoms with E-state index >= 15 is 0 Å². The van der Waals surface area contributed by atoms with Gasteiger partial charge in [-0.15, -0.1) is 10.2 Å². The minimum Gasteiger partial charge on any atom is -0.344 e. The monoisotopic (exact) mass is 680 g/mol. The Labute approximate surface area is 290 Å². The van der Waals surface area contributed by atoms with Gasteiger partial charge in [0.1, 0.15) is 11.8 Å². The quantitative estimate of drug-likeness (QED) is 0.227. The molecular weight excluding hydrogens is 624 g/mol. The maximum atomic E-state index is 14.6. The van der Waals surface area contributed by atoms with Crippen molar-refractivity contribution in [1.29, 1.82) is 0 Å². The largest absolute Gasteiger partial charge is 0.344 e. The molecular formula is C37H56N6O6. The number of Topliss-reactive ketones (excluding diaryl/α,β-unsaturated/α-hetero) is 4. The Balaban J connectivity index is 1.34. The van der Waals surface area contributed by atoms with Crippen LogP contribution in [0.15, 0.2) is 0 Å². The van der Waals surface area contributed by atoms with Crippen molar-refractivity contribution in [2.24, 2.45) is 40.9 Å². The summed E-state index contributed by atoms with van der Waals surface area (Å²) in [6, 6.07) is -1.60. The highest BCUT2D eigenvalue weighted by Gasteiger charge is 2.52. The number of carbonyl (C=O) groups is 6. The van der Waals surface area contributed by atoms with Gasteiger partial charge in [-0.25, -0.2) is 0 Å². The van der Waals surface area contributed by atoms with Crippen LogP contribution >= 0.6 is 0 Å². The molecule has 4 aliphatic rings. The third kappa shape index (κ3) is 9.28. The zero-order valence-electron chi connectivity index (χ0n) is 29.9. The first kappa shape index (κ1) is 37.0. The van der Waals surface area contributed by atoms with E-state index in [1.165, 1.54) is 0 Å². The molecule has 2 unspecified atom stereocenters. The predicted molar refractivity (Wildman–Crippen MR) is 181 cm³/mol. The van der Waals surface area contributed by atoms with Gasteiger partial charge in [-0.2, -0.15) is 5.21 Å². The fourth-order valence-electron chi connectivity index (χ4n) is 8.72. The molecule has 49 heavy (non-hydrogen) atoms. The molecule has 5 rings (SSSR count). The number of H-pyrrole nitrogens is 1. The number of aromatic nitrogens is 4. The molecule has 6 atom stereocenters. The Bertz CT molecular complexity index is 1360. The van der Waals surface area contributed by atoms with Gasteiger partial charge < -0.3 is 10.2 Å². The van der Waals surface area contributed by atoms with Crippen molar-refractivity contribution >= 4 is 34.9 Å². The van der Waals surface area contributed by atoms with Crippen LogP contribution in [0.2, 0.25) is 0 Å². The smallest absolute Gasteiger partial charge is 0.246 e. The molecule has 1 saturated heterocycles. The lowest BCUT2D eigenvalue weighted by atomic mass is 9.76. The number of rotatable bonds is 17. The molecule has 270 valence electrons. The van der Waals surface area contributed by atoms with Gasteiger partial charge in [0.15, 0.2) is 17.4 Å². The summed E-state index contributed by atoms with van der Waals surface area (Å²) in [7, 11) is 0. The number of amides is 2. The highest BCUT2D eigenvalue weighted by Crippen LogP contribution is 2.44. The van der Waals surface area contributed by atoms with E-state index in [9.17, 15) is 28.8 Å². The minimum atomic E-state index is -0.916. The third-order valence-corrected chi connectivity index (χ3v) is 11.6. The molecule has 0 aromatic carbocycles. The summed E-state index contributed by atoms with van der Waals surface area (Å²) in [5, 5.41) is 16.8. The van der Waals surface area contributed by atoms with E-state index in [2.05, 4.69) is 25.9 Å². The van der Waals surface area contributed by atoms with E-state index in [1.54, 1.807) is 4.90 Å². The number of hydrogen-bond acceptors (Lipinski definition) is 9. The van der Waals surface area contributed by atoms with Gasteiger partial charge in [-0.3, -0.25) is 28.8 Å². The molecule has 0 bridgehead atoms. The summed E-state index contributed by atoms with van der Waals surface area (Å²) in [6.45, 7) is 8.10. The van der Waals surface area contributed by atoms with E-state index < -0.39 is 35.1 Å². The fraction of sp³-hybridized carbons (Fsp3) is 0.811. The van der Waals surface area contributed by atoms with Crippen molar-refractivity contribution in [2.45, 2.75) is 143 Å². The molecule has 1 aromatic heterocycles. The molecule has 0 radical (unpaired) electrons. The highest BCUT2D eigenvalue weighted by atomic mass is 16.2. The lowest BCUT2D eigenvalue weighted by Gasteiger charge is -2.38. The van der Waals surface area contributed by atoms with Crippen LogP contribution in [-0.2, 0) is 35.2 Å². The highest BCUT2D eigenvalue weighted by molar-refractivity contribution is 6.38. The van der Waals surface area contributed by atoms with Gasteiger partial charge in [-0.1, -0.05) is 65.0 Å². The Morgan fingerprint density at radius 3 is 2.31 bits per heavy atom. The molecule has 3 saturated carbocycles. The van der Waals surface area contributed by atoms with Crippen LogP contribution in [-0.4, -0.2) is 79.1 Å². The van der Waals surface area contributed by atoms with E-state index in [1.807, 2.05) is 27.7 Å². The van der Waals surface area contributed by atoms with E-state index in [0.717, 1.165) is 64.2 Å². The Kier molecular flexibility index (Phi) is 12.2. The summed E-state index contributed by atoms with van der Waals surface area (Å²) in [5.41, 5.74) is -0.681. The Hall–Kier alpha value is -3.31. The number of aromatic amines is 1. The first-order valence-electron chi connectivity index (χ1n) is 18.8. The molecule has 1 aliphatic heterocycles. The Morgan fingerprint density at radius 2 is 1.67 bits per heavy atom. The standard InChI is InChI=1S/C37H56N6O6/c1-5-10-24(33(47)30(46)17-22-15-16-22)18-29(45)32-27-14-9-13-25(27)21-43(32)36(49)34(37(2,3)4)38-35(48)28(23-11-7-6-8-12-23)19-26(44)20-31-39-41-42-40-31/h22-25,27-28,32,34H,5-21H2,1-4H3,(H,38,48)(H,39,40,41,42)/t24?,25?,27-,28+,32-,34+/m0/s1. The van der Waals surface area contributed by atoms with Crippen molar-refractivity contribution in [3.8, 4) is 0 Å². The van der Waals surface area contributed by atoms with Crippen molar-refractivity contribution in [3.63, 3.8) is 0 Å². The predicted octanol–water partition coefficient (Wildman–Crippen LogP) is 4.37. The van der Waals surface area contributed by atoms with Gasteiger partial charge in [0.2, 0.25) is 17.6 Å². The number of tetrazole rings is 1. The summed E-state index contributed by atoms with van der Waals surface area (Å²) in [4.78, 5) is 83.9. The molecule has 2 N–H and O–H groups in total. The van der Waals surface area contributed by atoms with Crippen molar-refractivity contribution in [1.82, 2.24) is 30.8 Å². The number of nitrogens with zero attached hydrogens (tertiary/aromatic N) is 4. The number of fused-ring (bicyclic) bond motifs is 1. The first-order chi connectivity index (χ1) is 23.4. The van der Waals surface area contributed by atoms with Crippen molar-refractivity contribution in [2.75, 3.05) is 6.54 Å². The SMILES string of the molecule is CCCC(CC(=O)[C@@H]1[C@H]2CCCC2CN1C(=O)[C@@H](NC(=O)[C@H](CC(=O)Cc1nn[nH]n1)C1CCCCC1)C(C)(C)C)C(=O)C(=O)CC1CC1. The molecule has 0 spiro atoms. The number of likely N-dealkylation sites (tertiary alicyclic amines) is 1. The van der Waals surface area contributed by atoms with Crippen molar-refractivity contribution < 1.29 is 28.8 Å². The maximum Gasteiger partial charge on any atom is 0.246 e. The number of nitrogens with one attached hydrogen (secondary N) is 2. The van der Waals surface area contributed by atoms with Gasteiger partial charge in [0, 0.05) is 37.6 Å². The summed E-state index contributed by atoms with van der Waals surface area (Å²) >= 11 is 0. The molecule has 12 nitrogen and oxygen atoms in total. The van der Waals surface area contributed by atoms with E-state index in [4.69, 9.17) is 0 Å². The third-order valence-electron chi connectivity index (χ3n) is 11.6. The average molecular weight is 681 g/mol. The second-order valence-corrected chi connectivity index (χ2v) is 16.4. The first-order valence-corrected chi connectivity index (χ1v) is 18.8. The van der Waals surface area contributed by atoms with Crippen LogP contribution < -0.4 is 5.32 Å². The number of ketones is 4. The lowest BCUT2D eigenvalue weighted by molar-refractivity contribution is -0.146. The van der Waals surface area contributed by atoms with Crippen LogP contribution in [0.4, 0.5) is 0 Å². The van der Waals surface area contributed by atoms with Gasteiger partial charge >= 0.3 is 0 Å². The number of hydrogen-bond donors (Lipinski definition) is 2. The van der Waals surface area contributed by atoms with Crippen LogP contribution in [0.5, 0.6) is 0 Å². The normalized spacial score (nSPS) is 24.6. The van der Waals surface area contributed by atoms with Crippen molar-refractivity contribution in [3.05, 3.63) is 5.82 Å². The molecule has 2 heterocycles. The molecule has 4 fully saturated rings. The molecule has 1 aromatic rings. The summed E-state index contributed by atoms with van der Waals surface area (Å²) in [6.07, 6.45) is 10.8. The zero-order chi connectivity index (χ0) is 35.3. The lowest BCUT2D eigenvalue weighted by Crippen LogP contribution is -2.58. The molecule has 2 amide bonds. The van der Waals surface area contributed by atoms with Crippen LogP contribution in [0.1, 0.15) is 130 Å². The second kappa shape index (κ2) is 16.1. The van der Waals surface area contributed by atoms with Crippen LogP contribution in [0, 0.1) is 40.9 Å². The minimum absolute atomic E-state index is 0.00469. The van der Waals surface area contributed by atoms with Gasteiger partial charge in [-0.05, 0) is 74.0 Å². The van der Waals surface area contributed by atoms with E-state index in [0.29, 0.717) is 25.3 Å². The Morgan fingerprint density at radius 1 is 0.939 bits per heavy atom. The summed E-state index contributed by atoms with van der Waals surface area (Å²) < 4.78 is 0. The van der Waals surface area contributed by atoms with Gasteiger partial charge in [0.25, 0.3) is 0 Å². The molecule has 12 heteroatoms.